The van der Waals surface area contributed by atoms with Crippen molar-refractivity contribution in [1.29, 1.82) is 0 Å². The fourth-order valence-electron chi connectivity index (χ4n) is 3.72. The van der Waals surface area contributed by atoms with Crippen molar-refractivity contribution in [3.63, 3.8) is 0 Å². The monoisotopic (exact) mass is 253 g/mol. The summed E-state index contributed by atoms with van der Waals surface area (Å²) in [4.78, 5) is 0. The van der Waals surface area contributed by atoms with Crippen molar-refractivity contribution in [3.8, 4) is 0 Å². The maximum atomic E-state index is 5.81. The Labute approximate surface area is 113 Å². The van der Waals surface area contributed by atoms with Gasteiger partial charge in [0.05, 0.1) is 6.10 Å². The van der Waals surface area contributed by atoms with Crippen molar-refractivity contribution in [1.82, 2.24) is 5.32 Å². The van der Waals surface area contributed by atoms with Crippen molar-refractivity contribution >= 4 is 0 Å². The van der Waals surface area contributed by atoms with E-state index in [0.29, 0.717) is 23.0 Å². The average molecular weight is 253 g/mol. The molecular formula is C16H31NO. The molecule has 2 aliphatic rings. The van der Waals surface area contributed by atoms with Gasteiger partial charge in [-0.25, -0.2) is 0 Å². The highest BCUT2D eigenvalue weighted by molar-refractivity contribution is 5.13. The smallest absolute Gasteiger partial charge is 0.0589 e. The Morgan fingerprint density at radius 1 is 1.17 bits per heavy atom. The molecule has 0 spiro atoms. The Hall–Kier alpha value is -0.0800. The van der Waals surface area contributed by atoms with Crippen LogP contribution >= 0.6 is 0 Å². The van der Waals surface area contributed by atoms with Gasteiger partial charge in [0.2, 0.25) is 0 Å². The molecule has 2 heteroatoms. The number of hydrogen-bond donors (Lipinski definition) is 1. The summed E-state index contributed by atoms with van der Waals surface area (Å²) in [5.74, 6) is 0.831. The highest BCUT2D eigenvalue weighted by Crippen LogP contribution is 2.67. The lowest BCUT2D eigenvalue weighted by Crippen LogP contribution is -2.40. The molecule has 1 N–H and O–H groups in total. The first-order chi connectivity index (χ1) is 8.39. The van der Waals surface area contributed by atoms with Crippen LogP contribution in [-0.2, 0) is 4.74 Å². The minimum Gasteiger partial charge on any atom is -0.378 e. The van der Waals surface area contributed by atoms with Gasteiger partial charge in [0.25, 0.3) is 0 Å². The highest BCUT2D eigenvalue weighted by Gasteiger charge is 2.63. The van der Waals surface area contributed by atoms with Crippen molar-refractivity contribution in [2.45, 2.75) is 72.4 Å². The summed E-state index contributed by atoms with van der Waals surface area (Å²) in [7, 11) is 0. The van der Waals surface area contributed by atoms with E-state index in [1.807, 2.05) is 0 Å². The lowest BCUT2D eigenvalue weighted by molar-refractivity contribution is -0.00343. The van der Waals surface area contributed by atoms with Gasteiger partial charge in [-0.1, -0.05) is 41.0 Å². The fourth-order valence-corrected chi connectivity index (χ4v) is 3.72. The third kappa shape index (κ3) is 2.60. The summed E-state index contributed by atoms with van der Waals surface area (Å²) < 4.78 is 5.81. The molecule has 0 radical (unpaired) electrons. The van der Waals surface area contributed by atoms with Gasteiger partial charge in [-0.05, 0) is 42.6 Å². The number of ether oxygens (including phenoxy) is 1. The molecule has 1 aliphatic carbocycles. The average Bonchev–Trinajstić information content (AvgIpc) is 2.68. The largest absolute Gasteiger partial charge is 0.378 e. The molecule has 18 heavy (non-hydrogen) atoms. The van der Waals surface area contributed by atoms with E-state index in [9.17, 15) is 0 Å². The first kappa shape index (κ1) is 14.3. The summed E-state index contributed by atoms with van der Waals surface area (Å²) in [6.07, 6.45) is 5.36. The van der Waals surface area contributed by atoms with Gasteiger partial charge in [0.1, 0.15) is 0 Å². The predicted molar refractivity (Wildman–Crippen MR) is 76.7 cm³/mol. The molecule has 1 heterocycles. The minimum atomic E-state index is 0.501. The Balaban J connectivity index is 1.74. The van der Waals surface area contributed by atoms with Gasteiger partial charge >= 0.3 is 0 Å². The Bertz CT molecular complexity index is 269. The van der Waals surface area contributed by atoms with E-state index in [1.54, 1.807) is 0 Å². The lowest BCUT2D eigenvalue weighted by atomic mass is 9.99. The van der Waals surface area contributed by atoms with Gasteiger partial charge < -0.3 is 10.1 Å². The molecule has 0 aromatic carbocycles. The second kappa shape index (κ2) is 5.13. The van der Waals surface area contributed by atoms with Crippen LogP contribution in [0.25, 0.3) is 0 Å². The van der Waals surface area contributed by atoms with Crippen molar-refractivity contribution in [3.05, 3.63) is 0 Å². The van der Waals surface area contributed by atoms with E-state index in [4.69, 9.17) is 4.74 Å². The van der Waals surface area contributed by atoms with Crippen LogP contribution in [0.4, 0.5) is 0 Å². The van der Waals surface area contributed by atoms with Crippen LogP contribution < -0.4 is 5.32 Å². The molecule has 0 aromatic rings. The van der Waals surface area contributed by atoms with Crippen LogP contribution in [0.1, 0.15) is 60.3 Å². The van der Waals surface area contributed by atoms with Gasteiger partial charge in [0.15, 0.2) is 0 Å². The summed E-state index contributed by atoms with van der Waals surface area (Å²) in [5, 5.41) is 3.80. The molecule has 0 bridgehead atoms. The van der Waals surface area contributed by atoms with Crippen LogP contribution in [0.3, 0.4) is 0 Å². The van der Waals surface area contributed by atoms with Crippen LogP contribution in [0.5, 0.6) is 0 Å². The molecule has 2 nitrogen and oxygen atoms in total. The first-order valence-electron chi connectivity index (χ1n) is 7.74. The maximum absolute atomic E-state index is 5.81. The van der Waals surface area contributed by atoms with E-state index in [1.165, 1.54) is 32.2 Å². The second-order valence-corrected chi connectivity index (χ2v) is 7.41. The molecule has 2 rings (SSSR count). The normalized spacial score (nSPS) is 34.5. The Kier molecular flexibility index (Phi) is 4.08. The quantitative estimate of drug-likeness (QED) is 0.808. The topological polar surface area (TPSA) is 21.3 Å². The van der Waals surface area contributed by atoms with Gasteiger partial charge in [-0.3, -0.25) is 0 Å². The molecule has 1 aliphatic heterocycles. The molecule has 2 fully saturated rings. The Morgan fingerprint density at radius 3 is 2.39 bits per heavy atom. The molecule has 2 unspecified atom stereocenters. The molecule has 1 saturated carbocycles. The molecule has 106 valence electrons. The summed E-state index contributed by atoms with van der Waals surface area (Å²) in [6.45, 7) is 14.0. The predicted octanol–water partition coefficient (Wildman–Crippen LogP) is 3.61. The zero-order valence-corrected chi connectivity index (χ0v) is 12.9. The standard InChI is InChI=1S/C16H31NO/c1-6-7-13-10-12(8-9-18-13)17-11-14-15(2,3)16(14,4)5/h12-14,17H,6-11H2,1-5H3. The van der Waals surface area contributed by atoms with E-state index in [2.05, 4.69) is 39.9 Å². The summed E-state index contributed by atoms with van der Waals surface area (Å²) in [6, 6.07) is 0.683. The van der Waals surface area contributed by atoms with E-state index in [0.717, 1.165) is 12.5 Å². The first-order valence-corrected chi connectivity index (χ1v) is 7.74. The third-order valence-corrected chi connectivity index (χ3v) is 5.91. The number of hydrogen-bond acceptors (Lipinski definition) is 2. The third-order valence-electron chi connectivity index (χ3n) is 5.91. The highest BCUT2D eigenvalue weighted by atomic mass is 16.5. The molecule has 2 atom stereocenters. The molecule has 0 aromatic heterocycles. The van der Waals surface area contributed by atoms with E-state index < -0.39 is 0 Å². The van der Waals surface area contributed by atoms with E-state index in [-0.39, 0.29) is 0 Å². The van der Waals surface area contributed by atoms with Crippen LogP contribution in [0.2, 0.25) is 0 Å². The van der Waals surface area contributed by atoms with Crippen molar-refractivity contribution in [2.24, 2.45) is 16.7 Å². The van der Waals surface area contributed by atoms with E-state index >= 15 is 0 Å². The van der Waals surface area contributed by atoms with Crippen LogP contribution in [0.15, 0.2) is 0 Å². The Morgan fingerprint density at radius 2 is 1.83 bits per heavy atom. The van der Waals surface area contributed by atoms with Crippen LogP contribution in [-0.4, -0.2) is 25.3 Å². The molecular weight excluding hydrogens is 222 g/mol. The van der Waals surface area contributed by atoms with Crippen LogP contribution in [0, 0.1) is 16.7 Å². The van der Waals surface area contributed by atoms with Gasteiger partial charge in [-0.15, -0.1) is 0 Å². The minimum absolute atomic E-state index is 0.501. The maximum Gasteiger partial charge on any atom is 0.0589 e. The lowest BCUT2D eigenvalue weighted by Gasteiger charge is -2.30. The zero-order chi connectivity index (χ0) is 13.4. The van der Waals surface area contributed by atoms with Crippen molar-refractivity contribution in [2.75, 3.05) is 13.2 Å². The number of nitrogens with one attached hydrogen (secondary N) is 1. The second-order valence-electron chi connectivity index (χ2n) is 7.41. The van der Waals surface area contributed by atoms with Gasteiger partial charge in [-0.2, -0.15) is 0 Å². The summed E-state index contributed by atoms with van der Waals surface area (Å²) in [5.41, 5.74) is 1.02. The summed E-state index contributed by atoms with van der Waals surface area (Å²) >= 11 is 0. The van der Waals surface area contributed by atoms with Crippen molar-refractivity contribution < 1.29 is 4.74 Å². The fraction of sp³-hybridized carbons (Fsp3) is 1.00. The van der Waals surface area contributed by atoms with Gasteiger partial charge in [0, 0.05) is 12.6 Å². The number of rotatable bonds is 5. The SMILES string of the molecule is CCCC1CC(NCC2C(C)(C)C2(C)C)CCO1. The molecule has 1 saturated heterocycles. The zero-order valence-electron chi connectivity index (χ0n) is 12.9. The molecule has 0 amide bonds.